The van der Waals surface area contributed by atoms with E-state index in [0.717, 1.165) is 17.9 Å². The van der Waals surface area contributed by atoms with Crippen LogP contribution in [0.1, 0.15) is 50.2 Å². The molecule has 1 heterocycles. The van der Waals surface area contributed by atoms with E-state index < -0.39 is 0 Å². The number of methoxy groups -OCH3 is 1. The molecule has 1 fully saturated rings. The Morgan fingerprint density at radius 1 is 1.38 bits per heavy atom. The molecule has 0 saturated carbocycles. The number of ether oxygens (including phenoxy) is 1. The second kappa shape index (κ2) is 7.76. The van der Waals surface area contributed by atoms with Gasteiger partial charge >= 0.3 is 0 Å². The van der Waals surface area contributed by atoms with Crippen LogP contribution in [0.5, 0.6) is 5.75 Å². The Bertz CT molecular complexity index is 490. The van der Waals surface area contributed by atoms with Crippen LogP contribution < -0.4 is 10.5 Å². The molecule has 1 unspecified atom stereocenters. The molecule has 1 atom stereocenters. The summed E-state index contributed by atoms with van der Waals surface area (Å²) in [5.41, 5.74) is 7.82. The van der Waals surface area contributed by atoms with E-state index in [1.54, 1.807) is 7.11 Å². The summed E-state index contributed by atoms with van der Waals surface area (Å²) in [6.07, 6.45) is 6.56. The fourth-order valence-corrected chi connectivity index (χ4v) is 3.35. The van der Waals surface area contributed by atoms with Crippen LogP contribution in [0, 0.1) is 0 Å². The first-order valence-corrected chi connectivity index (χ1v) is 8.27. The molecule has 0 aromatic heterocycles. The van der Waals surface area contributed by atoms with Gasteiger partial charge in [0, 0.05) is 12.6 Å². The highest BCUT2D eigenvalue weighted by Gasteiger charge is 2.20. The van der Waals surface area contributed by atoms with E-state index in [1.807, 2.05) is 6.07 Å². The van der Waals surface area contributed by atoms with Crippen LogP contribution in [0.2, 0.25) is 0 Å². The summed E-state index contributed by atoms with van der Waals surface area (Å²) in [7, 11) is 1.67. The zero-order valence-electron chi connectivity index (χ0n) is 13.1. The molecule has 3 nitrogen and oxygen atoms in total. The Hall–Kier alpha value is -1.13. The van der Waals surface area contributed by atoms with Crippen molar-refractivity contribution in [3.63, 3.8) is 0 Å². The van der Waals surface area contributed by atoms with Gasteiger partial charge in [0.25, 0.3) is 0 Å². The number of likely N-dealkylation sites (tertiary alicyclic amines) is 1. The third kappa shape index (κ3) is 4.17. The third-order valence-corrected chi connectivity index (χ3v) is 4.61. The summed E-state index contributed by atoms with van der Waals surface area (Å²) in [4.78, 5) is 3.00. The van der Waals surface area contributed by atoms with Crippen molar-refractivity contribution in [2.75, 3.05) is 13.7 Å². The molecule has 4 heteroatoms. The summed E-state index contributed by atoms with van der Waals surface area (Å²) < 4.78 is 5.43. The standard InChI is InChI=1S/C17H26N2OS/c1-3-14-7-5-4-6-10-19(14)12-13-8-9-15(17(18)21)16(11-13)20-2/h8-9,11,14H,3-7,10,12H2,1-2H3,(H2,18,21). The van der Waals surface area contributed by atoms with Gasteiger partial charge in [-0.1, -0.05) is 38.0 Å². The molecule has 1 aliphatic rings. The zero-order chi connectivity index (χ0) is 15.2. The van der Waals surface area contributed by atoms with Crippen LogP contribution in [0.3, 0.4) is 0 Å². The van der Waals surface area contributed by atoms with Crippen LogP contribution in [-0.4, -0.2) is 29.6 Å². The first-order chi connectivity index (χ1) is 10.2. The van der Waals surface area contributed by atoms with E-state index in [4.69, 9.17) is 22.7 Å². The Morgan fingerprint density at radius 3 is 2.86 bits per heavy atom. The maximum atomic E-state index is 5.73. The van der Waals surface area contributed by atoms with Crippen molar-refractivity contribution in [2.24, 2.45) is 5.73 Å². The number of hydrogen-bond donors (Lipinski definition) is 1. The zero-order valence-corrected chi connectivity index (χ0v) is 13.9. The monoisotopic (exact) mass is 306 g/mol. The normalized spacial score (nSPS) is 20.0. The lowest BCUT2D eigenvalue weighted by Gasteiger charge is -2.29. The van der Waals surface area contributed by atoms with Crippen molar-refractivity contribution in [1.29, 1.82) is 0 Å². The lowest BCUT2D eigenvalue weighted by molar-refractivity contribution is 0.186. The molecule has 0 spiro atoms. The van der Waals surface area contributed by atoms with Crippen LogP contribution >= 0.6 is 12.2 Å². The molecule has 0 bridgehead atoms. The summed E-state index contributed by atoms with van der Waals surface area (Å²) in [6, 6.07) is 6.88. The lowest BCUT2D eigenvalue weighted by atomic mass is 10.1. The number of nitrogens with zero attached hydrogens (tertiary/aromatic N) is 1. The number of nitrogens with two attached hydrogens (primary N) is 1. The number of hydrogen-bond acceptors (Lipinski definition) is 3. The first-order valence-electron chi connectivity index (χ1n) is 7.86. The van der Waals surface area contributed by atoms with Gasteiger partial charge in [0.2, 0.25) is 0 Å². The van der Waals surface area contributed by atoms with Gasteiger partial charge in [-0.25, -0.2) is 0 Å². The van der Waals surface area contributed by atoms with E-state index in [0.29, 0.717) is 11.0 Å². The van der Waals surface area contributed by atoms with Crippen LogP contribution in [0.4, 0.5) is 0 Å². The molecular weight excluding hydrogens is 280 g/mol. The van der Waals surface area contributed by atoms with Crippen molar-refractivity contribution >= 4 is 17.2 Å². The van der Waals surface area contributed by atoms with Gasteiger partial charge in [-0.3, -0.25) is 4.90 Å². The molecule has 0 amide bonds. The number of rotatable bonds is 5. The van der Waals surface area contributed by atoms with Gasteiger partial charge in [-0.05, 0) is 43.5 Å². The Balaban J connectivity index is 2.16. The Morgan fingerprint density at radius 2 is 2.19 bits per heavy atom. The van der Waals surface area contributed by atoms with E-state index in [-0.39, 0.29) is 0 Å². The van der Waals surface area contributed by atoms with Gasteiger partial charge in [0.1, 0.15) is 10.7 Å². The molecule has 2 N–H and O–H groups in total. The minimum absolute atomic E-state index is 0.389. The SMILES string of the molecule is CCC1CCCCCN1Cc1ccc(C(N)=S)c(OC)c1. The molecule has 1 aromatic rings. The van der Waals surface area contributed by atoms with Crippen LogP contribution in [0.25, 0.3) is 0 Å². The van der Waals surface area contributed by atoms with Crippen molar-refractivity contribution in [1.82, 2.24) is 4.90 Å². The highest BCUT2D eigenvalue weighted by atomic mass is 32.1. The first kappa shape index (κ1) is 16.2. The number of benzene rings is 1. The van der Waals surface area contributed by atoms with Gasteiger partial charge in [0.15, 0.2) is 0 Å². The molecule has 1 aromatic carbocycles. The predicted molar refractivity (Wildman–Crippen MR) is 91.8 cm³/mol. The molecule has 0 aliphatic carbocycles. The predicted octanol–water partition coefficient (Wildman–Crippen LogP) is 3.48. The van der Waals surface area contributed by atoms with Gasteiger partial charge in [-0.2, -0.15) is 0 Å². The average molecular weight is 306 g/mol. The van der Waals surface area contributed by atoms with E-state index >= 15 is 0 Å². The van der Waals surface area contributed by atoms with Crippen molar-refractivity contribution in [3.05, 3.63) is 29.3 Å². The quantitative estimate of drug-likeness (QED) is 0.845. The molecule has 21 heavy (non-hydrogen) atoms. The Labute approximate surface area is 133 Å². The van der Waals surface area contributed by atoms with E-state index in [1.165, 1.54) is 44.2 Å². The smallest absolute Gasteiger partial charge is 0.129 e. The fraction of sp³-hybridized carbons (Fsp3) is 0.588. The van der Waals surface area contributed by atoms with Crippen molar-refractivity contribution < 1.29 is 4.74 Å². The maximum Gasteiger partial charge on any atom is 0.129 e. The molecule has 2 rings (SSSR count). The second-order valence-corrected chi connectivity index (χ2v) is 6.22. The minimum Gasteiger partial charge on any atom is -0.496 e. The molecule has 0 radical (unpaired) electrons. The van der Waals surface area contributed by atoms with Crippen LogP contribution in [0.15, 0.2) is 18.2 Å². The highest BCUT2D eigenvalue weighted by Crippen LogP contribution is 2.25. The third-order valence-electron chi connectivity index (χ3n) is 4.39. The van der Waals surface area contributed by atoms with Gasteiger partial charge in [0.05, 0.1) is 12.7 Å². The molecule has 116 valence electrons. The maximum absolute atomic E-state index is 5.73. The summed E-state index contributed by atoms with van der Waals surface area (Å²) >= 11 is 5.06. The number of thiocarbonyl (C=S) groups is 1. The van der Waals surface area contributed by atoms with Gasteiger partial charge in [-0.15, -0.1) is 0 Å². The molecular formula is C17H26N2OS. The van der Waals surface area contributed by atoms with Crippen molar-refractivity contribution in [3.8, 4) is 5.75 Å². The summed E-state index contributed by atoms with van der Waals surface area (Å²) in [6.45, 7) is 4.46. The summed E-state index contributed by atoms with van der Waals surface area (Å²) in [5, 5.41) is 0. The average Bonchev–Trinajstić information content (AvgIpc) is 2.71. The minimum atomic E-state index is 0.389. The summed E-state index contributed by atoms with van der Waals surface area (Å²) in [5.74, 6) is 0.780. The largest absolute Gasteiger partial charge is 0.496 e. The van der Waals surface area contributed by atoms with E-state index in [9.17, 15) is 0 Å². The lowest BCUT2D eigenvalue weighted by Crippen LogP contribution is -2.33. The van der Waals surface area contributed by atoms with Crippen molar-refractivity contribution in [2.45, 2.75) is 51.6 Å². The van der Waals surface area contributed by atoms with Crippen LogP contribution in [-0.2, 0) is 6.54 Å². The fourth-order valence-electron chi connectivity index (χ4n) is 3.18. The molecule has 1 aliphatic heterocycles. The topological polar surface area (TPSA) is 38.5 Å². The molecule has 1 saturated heterocycles. The highest BCUT2D eigenvalue weighted by molar-refractivity contribution is 7.80. The van der Waals surface area contributed by atoms with E-state index in [2.05, 4.69) is 24.0 Å². The Kier molecular flexibility index (Phi) is 6.00. The second-order valence-electron chi connectivity index (χ2n) is 5.78. The van der Waals surface area contributed by atoms with Gasteiger partial charge < -0.3 is 10.5 Å².